The largest absolute Gasteiger partial charge is 0.533 e. The first-order chi connectivity index (χ1) is 9.32. The van der Waals surface area contributed by atoms with Crippen molar-refractivity contribution >= 4 is 33.4 Å². The Labute approximate surface area is 117 Å². The van der Waals surface area contributed by atoms with Crippen molar-refractivity contribution in [2.75, 3.05) is 6.61 Å². The van der Waals surface area contributed by atoms with Crippen molar-refractivity contribution in [3.8, 4) is 0 Å². The van der Waals surface area contributed by atoms with Gasteiger partial charge >= 0.3 is 6.16 Å². The molecule has 2 amide bonds. The topological polar surface area (TPSA) is 96.2 Å². The molecule has 9 heteroatoms. The van der Waals surface area contributed by atoms with E-state index in [1.807, 2.05) is 0 Å². The summed E-state index contributed by atoms with van der Waals surface area (Å²) in [4.78, 5) is 38.5. The number of amides is 2. The zero-order valence-corrected chi connectivity index (χ0v) is 12.1. The van der Waals surface area contributed by atoms with Crippen LogP contribution in [0.4, 0.5) is 4.79 Å². The van der Waals surface area contributed by atoms with Gasteiger partial charge < -0.3 is 4.74 Å². The lowest BCUT2D eigenvalue weighted by Gasteiger charge is -2.20. The number of ether oxygens (including phenoxy) is 1. The van der Waals surface area contributed by atoms with Crippen LogP contribution in [0, 0.1) is 5.92 Å². The number of carbonyl (C=O) groups is 3. The lowest BCUT2D eigenvalue weighted by Crippen LogP contribution is -2.37. The third kappa shape index (κ3) is 2.75. The van der Waals surface area contributed by atoms with Gasteiger partial charge in [-0.2, -0.15) is 0 Å². The first-order valence-corrected chi connectivity index (χ1v) is 6.71. The van der Waals surface area contributed by atoms with Crippen LogP contribution in [0.3, 0.4) is 0 Å². The van der Waals surface area contributed by atoms with Crippen molar-refractivity contribution < 1.29 is 33.9 Å². The number of hydroxylamine groups is 3. The van der Waals surface area contributed by atoms with Crippen LogP contribution < -0.4 is 0 Å². The van der Waals surface area contributed by atoms with E-state index >= 15 is 0 Å². The molecular weight excluding hydrogens is 287 g/mol. The van der Waals surface area contributed by atoms with Gasteiger partial charge in [-0.25, -0.2) is 4.79 Å². The fourth-order valence-electron chi connectivity index (χ4n) is 2.01. The number of nitrogens with zero attached hydrogens (tertiary/aromatic N) is 2. The van der Waals surface area contributed by atoms with Crippen molar-refractivity contribution in [1.29, 1.82) is 0 Å². The van der Waals surface area contributed by atoms with Gasteiger partial charge in [0.05, 0.1) is 5.92 Å². The average molecular weight is 303 g/mol. The second-order valence-corrected chi connectivity index (χ2v) is 6.09. The third-order valence-corrected chi connectivity index (χ3v) is 4.19. The molecule has 1 N–H and O–H groups in total. The Morgan fingerprint density at radius 2 is 2.15 bits per heavy atom. The second-order valence-electron chi connectivity index (χ2n) is 4.92. The molecule has 0 saturated carbocycles. The zero-order valence-electron chi connectivity index (χ0n) is 10.9. The minimum atomic E-state index is -1.11. The van der Waals surface area contributed by atoms with E-state index in [0.29, 0.717) is 11.5 Å². The molecule has 0 bridgehead atoms. The molecule has 0 aromatic heterocycles. The first-order valence-electron chi connectivity index (χ1n) is 6.13. The Morgan fingerprint density at radius 3 is 2.65 bits per heavy atom. The lowest BCUT2D eigenvalue weighted by atomic mass is 10.0. The molecule has 0 aromatic carbocycles. The standard InChI is InChI=1S/C11H16N2O6P/c1-11(20)7(4-5-12(11)17)6-18-10(16)19-13-8(14)2-3-9(13)15/h5,7,17H,2-4,6,20H2,1H3/q+1/t7-,11+/m1/s1. The summed E-state index contributed by atoms with van der Waals surface area (Å²) in [6.07, 6.45) is 1.08. The fourth-order valence-corrected chi connectivity index (χ4v) is 2.35. The number of imide groups is 1. The molecule has 1 saturated heterocycles. The highest BCUT2D eigenvalue weighted by Gasteiger charge is 2.47. The van der Waals surface area contributed by atoms with Gasteiger partial charge in [-0.05, 0) is 4.74 Å². The van der Waals surface area contributed by atoms with Crippen LogP contribution in [0.2, 0.25) is 0 Å². The zero-order chi connectivity index (χ0) is 14.9. The molecule has 110 valence electrons. The maximum Gasteiger partial charge on any atom is 0.533 e. The Kier molecular flexibility index (Phi) is 3.94. The van der Waals surface area contributed by atoms with Crippen LogP contribution in [0.5, 0.6) is 0 Å². The van der Waals surface area contributed by atoms with E-state index in [0.717, 1.165) is 4.74 Å². The summed E-state index contributed by atoms with van der Waals surface area (Å²) in [5, 5.41) is 9.37. The summed E-state index contributed by atoms with van der Waals surface area (Å²) >= 11 is 0. The minimum Gasteiger partial charge on any atom is -0.432 e. The van der Waals surface area contributed by atoms with E-state index in [1.54, 1.807) is 13.1 Å². The van der Waals surface area contributed by atoms with Crippen LogP contribution in [-0.2, 0) is 19.2 Å². The van der Waals surface area contributed by atoms with Crippen molar-refractivity contribution in [2.45, 2.75) is 31.5 Å². The molecule has 0 radical (unpaired) electrons. The summed E-state index contributed by atoms with van der Waals surface area (Å²) in [6, 6.07) is 0. The molecule has 0 aliphatic carbocycles. The van der Waals surface area contributed by atoms with Crippen molar-refractivity contribution in [3.63, 3.8) is 0 Å². The smallest absolute Gasteiger partial charge is 0.432 e. The van der Waals surface area contributed by atoms with Crippen LogP contribution >= 0.6 is 9.24 Å². The van der Waals surface area contributed by atoms with Crippen LogP contribution in [0.25, 0.3) is 0 Å². The third-order valence-electron chi connectivity index (χ3n) is 3.46. The minimum absolute atomic E-state index is 0.00259. The quantitative estimate of drug-likeness (QED) is 0.265. The highest BCUT2D eigenvalue weighted by molar-refractivity contribution is 7.18. The average Bonchev–Trinajstić information content (AvgIpc) is 2.82. The number of hydrogen-bond donors (Lipinski definition) is 1. The van der Waals surface area contributed by atoms with Gasteiger partial charge in [0.1, 0.15) is 6.61 Å². The maximum atomic E-state index is 11.5. The summed E-state index contributed by atoms with van der Waals surface area (Å²) in [5.74, 6) is -1.26. The van der Waals surface area contributed by atoms with E-state index in [4.69, 9.17) is 4.74 Å². The fraction of sp³-hybridized carbons (Fsp3) is 0.636. The second kappa shape index (κ2) is 5.36. The number of carbonyl (C=O) groups excluding carboxylic acids is 3. The molecule has 1 fully saturated rings. The van der Waals surface area contributed by atoms with Crippen molar-refractivity contribution in [1.82, 2.24) is 5.06 Å². The highest BCUT2D eigenvalue weighted by atomic mass is 31.0. The van der Waals surface area contributed by atoms with Gasteiger partial charge in [-0.1, -0.05) is 14.3 Å². The van der Waals surface area contributed by atoms with E-state index in [-0.39, 0.29) is 25.4 Å². The van der Waals surface area contributed by atoms with Gasteiger partial charge in [-0.3, -0.25) is 19.6 Å². The van der Waals surface area contributed by atoms with Gasteiger partial charge in [0, 0.05) is 26.2 Å². The molecule has 2 heterocycles. The molecule has 1 unspecified atom stereocenters. The predicted molar refractivity (Wildman–Crippen MR) is 67.9 cm³/mol. The number of rotatable bonds is 3. The molecule has 0 aromatic rings. The predicted octanol–water partition coefficient (Wildman–Crippen LogP) is 0.287. The molecule has 3 atom stereocenters. The van der Waals surface area contributed by atoms with Gasteiger partial charge in [0.25, 0.3) is 11.8 Å². The summed E-state index contributed by atoms with van der Waals surface area (Å²) in [6.45, 7) is 1.77. The normalized spacial score (nSPS) is 29.6. The maximum absolute atomic E-state index is 11.5. The SMILES string of the molecule is C[C@]1(P)[C@@H](COC(=O)ON2C(=O)CCC2=O)CC=[N+]1O. The summed E-state index contributed by atoms with van der Waals surface area (Å²) in [7, 11) is 2.48. The van der Waals surface area contributed by atoms with Gasteiger partial charge in [0.2, 0.25) is 5.28 Å². The van der Waals surface area contributed by atoms with Crippen LogP contribution in [0.1, 0.15) is 26.2 Å². The molecule has 2 aliphatic rings. The van der Waals surface area contributed by atoms with Crippen LogP contribution in [-0.4, -0.2) is 51.1 Å². The Hall–Kier alpha value is -1.69. The monoisotopic (exact) mass is 303 g/mol. The molecule has 2 rings (SSSR count). The van der Waals surface area contributed by atoms with E-state index in [1.165, 1.54) is 0 Å². The molecule has 0 spiro atoms. The van der Waals surface area contributed by atoms with Crippen LogP contribution in [0.15, 0.2) is 0 Å². The highest BCUT2D eigenvalue weighted by Crippen LogP contribution is 2.34. The first kappa shape index (κ1) is 14.7. The summed E-state index contributed by atoms with van der Waals surface area (Å²) < 4.78 is 5.94. The van der Waals surface area contributed by atoms with Gasteiger partial charge in [0.15, 0.2) is 6.21 Å². The van der Waals surface area contributed by atoms with E-state index < -0.39 is 23.2 Å². The Bertz CT molecular complexity index is 473. The van der Waals surface area contributed by atoms with Crippen molar-refractivity contribution in [2.24, 2.45) is 5.92 Å². The lowest BCUT2D eigenvalue weighted by molar-refractivity contribution is -0.802. The van der Waals surface area contributed by atoms with E-state index in [2.05, 4.69) is 14.1 Å². The number of hydrogen-bond acceptors (Lipinski definition) is 6. The molecule has 2 aliphatic heterocycles. The Balaban J connectivity index is 1.82. The molecular formula is C11H16N2O6P+. The molecule has 20 heavy (non-hydrogen) atoms. The van der Waals surface area contributed by atoms with E-state index in [9.17, 15) is 19.6 Å². The Morgan fingerprint density at radius 1 is 1.55 bits per heavy atom. The molecule has 8 nitrogen and oxygen atoms in total. The van der Waals surface area contributed by atoms with Crippen molar-refractivity contribution in [3.05, 3.63) is 0 Å². The van der Waals surface area contributed by atoms with Gasteiger partial charge in [-0.15, -0.1) is 0 Å². The summed E-state index contributed by atoms with van der Waals surface area (Å²) in [5.41, 5.74) is 0.